The van der Waals surface area contributed by atoms with Crippen molar-refractivity contribution in [1.29, 1.82) is 0 Å². The van der Waals surface area contributed by atoms with E-state index in [0.717, 1.165) is 22.0 Å². The van der Waals surface area contributed by atoms with E-state index in [0.29, 0.717) is 5.82 Å². The predicted octanol–water partition coefficient (Wildman–Crippen LogP) is 5.63. The average molecular weight is 309 g/mol. The molecule has 0 saturated heterocycles. The lowest BCUT2D eigenvalue weighted by atomic mass is 10.0. The van der Waals surface area contributed by atoms with E-state index in [2.05, 4.69) is 42.0 Å². The number of pyridine rings is 2. The van der Waals surface area contributed by atoms with Gasteiger partial charge >= 0.3 is 0 Å². The standard InChI is InChI=1S/C15H13N3.C3H8.C2H6/c1-10-4-5-11-8-13(12-3-2-6-17-9-12)15(16)18-14(11)7-10;1-3-2;1-2/h2-9H,1H3,(H2,16,18);3H2,1-2H3;1-2H3. The number of fused-ring (bicyclic) bond motifs is 1. The predicted molar refractivity (Wildman–Crippen MR) is 101 cm³/mol. The van der Waals surface area contributed by atoms with Crippen molar-refractivity contribution in [3.63, 3.8) is 0 Å². The molecule has 0 radical (unpaired) electrons. The molecular formula is C20H27N3. The maximum absolute atomic E-state index is 6.03. The zero-order valence-corrected chi connectivity index (χ0v) is 14.8. The molecule has 23 heavy (non-hydrogen) atoms. The van der Waals surface area contributed by atoms with E-state index in [1.165, 1.54) is 12.0 Å². The molecule has 0 atom stereocenters. The van der Waals surface area contributed by atoms with Crippen LogP contribution in [0.3, 0.4) is 0 Å². The van der Waals surface area contributed by atoms with E-state index in [1.54, 1.807) is 12.4 Å². The summed E-state index contributed by atoms with van der Waals surface area (Å²) in [6.07, 6.45) is 4.80. The molecule has 122 valence electrons. The average Bonchev–Trinajstić information content (AvgIpc) is 2.57. The number of hydrogen-bond acceptors (Lipinski definition) is 3. The second-order valence-electron chi connectivity index (χ2n) is 5.07. The number of nitrogens with two attached hydrogens (primary N) is 1. The molecule has 3 rings (SSSR count). The van der Waals surface area contributed by atoms with Gasteiger partial charge in [0.05, 0.1) is 5.52 Å². The molecule has 0 aliphatic heterocycles. The van der Waals surface area contributed by atoms with Crippen molar-refractivity contribution < 1.29 is 0 Å². The second-order valence-corrected chi connectivity index (χ2v) is 5.07. The molecule has 0 saturated carbocycles. The summed E-state index contributed by atoms with van der Waals surface area (Å²) in [5.74, 6) is 0.543. The first-order valence-corrected chi connectivity index (χ1v) is 8.23. The normalized spacial score (nSPS) is 9.43. The maximum Gasteiger partial charge on any atom is 0.132 e. The Morgan fingerprint density at radius 2 is 1.74 bits per heavy atom. The van der Waals surface area contributed by atoms with Crippen LogP contribution in [0.25, 0.3) is 22.0 Å². The molecule has 3 heteroatoms. The van der Waals surface area contributed by atoms with Crippen molar-refractivity contribution in [2.24, 2.45) is 0 Å². The second kappa shape index (κ2) is 9.57. The third-order valence-corrected chi connectivity index (χ3v) is 2.98. The molecule has 0 aliphatic rings. The van der Waals surface area contributed by atoms with Crippen molar-refractivity contribution in [3.8, 4) is 11.1 Å². The van der Waals surface area contributed by atoms with Gasteiger partial charge in [-0.05, 0) is 30.7 Å². The first-order chi connectivity index (χ1) is 11.2. The van der Waals surface area contributed by atoms with Gasteiger partial charge < -0.3 is 5.73 Å². The largest absolute Gasteiger partial charge is 0.383 e. The van der Waals surface area contributed by atoms with E-state index in [1.807, 2.05) is 39.0 Å². The van der Waals surface area contributed by atoms with Crippen molar-refractivity contribution >= 4 is 16.7 Å². The monoisotopic (exact) mass is 309 g/mol. The summed E-state index contributed by atoms with van der Waals surface area (Å²) >= 11 is 0. The molecule has 2 aromatic heterocycles. The van der Waals surface area contributed by atoms with Crippen molar-refractivity contribution in [2.45, 2.75) is 41.0 Å². The van der Waals surface area contributed by atoms with Gasteiger partial charge in [0.2, 0.25) is 0 Å². The van der Waals surface area contributed by atoms with E-state index in [4.69, 9.17) is 5.73 Å². The lowest BCUT2D eigenvalue weighted by Crippen LogP contribution is -1.95. The zero-order chi connectivity index (χ0) is 17.2. The highest BCUT2D eigenvalue weighted by molar-refractivity contribution is 5.88. The lowest BCUT2D eigenvalue weighted by Gasteiger charge is -2.07. The minimum Gasteiger partial charge on any atom is -0.383 e. The molecule has 3 aromatic rings. The highest BCUT2D eigenvalue weighted by Gasteiger charge is 2.06. The Morgan fingerprint density at radius 3 is 2.35 bits per heavy atom. The Labute approximate surface area is 139 Å². The molecular weight excluding hydrogens is 282 g/mol. The molecule has 2 N–H and O–H groups in total. The van der Waals surface area contributed by atoms with Gasteiger partial charge in [-0.3, -0.25) is 4.98 Å². The van der Waals surface area contributed by atoms with E-state index in [9.17, 15) is 0 Å². The number of hydrogen-bond donors (Lipinski definition) is 1. The van der Waals surface area contributed by atoms with Crippen LogP contribution in [0.5, 0.6) is 0 Å². The minimum atomic E-state index is 0.543. The molecule has 3 nitrogen and oxygen atoms in total. The number of aryl methyl sites for hydroxylation is 1. The van der Waals surface area contributed by atoms with Crippen LogP contribution in [0.15, 0.2) is 48.8 Å². The lowest BCUT2D eigenvalue weighted by molar-refractivity contribution is 1.09. The fourth-order valence-electron chi connectivity index (χ4n) is 2.05. The minimum absolute atomic E-state index is 0.543. The van der Waals surface area contributed by atoms with Crippen LogP contribution >= 0.6 is 0 Å². The molecule has 2 heterocycles. The van der Waals surface area contributed by atoms with Gasteiger partial charge in [0, 0.05) is 28.9 Å². The van der Waals surface area contributed by atoms with Gasteiger partial charge in [-0.25, -0.2) is 4.98 Å². The summed E-state index contributed by atoms with van der Waals surface area (Å²) in [6, 6.07) is 12.1. The number of nitrogens with zero attached hydrogens (tertiary/aromatic N) is 2. The van der Waals surface area contributed by atoms with Gasteiger partial charge in [-0.2, -0.15) is 0 Å². The third-order valence-electron chi connectivity index (χ3n) is 2.98. The fraction of sp³-hybridized carbons (Fsp3) is 0.300. The van der Waals surface area contributed by atoms with Crippen LogP contribution in [0.4, 0.5) is 5.82 Å². The summed E-state index contributed by atoms with van der Waals surface area (Å²) in [7, 11) is 0. The molecule has 0 bridgehead atoms. The summed E-state index contributed by atoms with van der Waals surface area (Å²) in [5.41, 5.74) is 10.1. The summed E-state index contributed by atoms with van der Waals surface area (Å²) in [5, 5.41) is 1.09. The zero-order valence-electron chi connectivity index (χ0n) is 14.8. The fourth-order valence-corrected chi connectivity index (χ4v) is 2.05. The van der Waals surface area contributed by atoms with Crippen LogP contribution in [-0.2, 0) is 0 Å². The summed E-state index contributed by atoms with van der Waals surface area (Å²) in [4.78, 5) is 8.58. The highest BCUT2D eigenvalue weighted by atomic mass is 14.8. The molecule has 1 aromatic carbocycles. The smallest absolute Gasteiger partial charge is 0.132 e. The van der Waals surface area contributed by atoms with Crippen LogP contribution in [0.1, 0.15) is 39.7 Å². The first kappa shape index (κ1) is 18.6. The quantitative estimate of drug-likeness (QED) is 0.633. The van der Waals surface area contributed by atoms with Crippen molar-refractivity contribution in [3.05, 3.63) is 54.4 Å². The SMILES string of the molecule is CC.CCC.Cc1ccc2cc(-c3cccnc3)c(N)nc2c1. The highest BCUT2D eigenvalue weighted by Crippen LogP contribution is 2.27. The van der Waals surface area contributed by atoms with Gasteiger partial charge in [-0.15, -0.1) is 0 Å². The van der Waals surface area contributed by atoms with Gasteiger partial charge in [-0.1, -0.05) is 52.3 Å². The topological polar surface area (TPSA) is 51.8 Å². The van der Waals surface area contributed by atoms with Crippen LogP contribution < -0.4 is 5.73 Å². The van der Waals surface area contributed by atoms with Crippen LogP contribution in [-0.4, -0.2) is 9.97 Å². The Hall–Kier alpha value is -2.42. The number of nitrogen functional groups attached to an aromatic ring is 1. The number of benzene rings is 1. The van der Waals surface area contributed by atoms with Crippen molar-refractivity contribution in [1.82, 2.24) is 9.97 Å². The number of rotatable bonds is 1. The Bertz CT molecular complexity index is 722. The number of aromatic nitrogens is 2. The molecule has 0 spiro atoms. The molecule has 0 amide bonds. The molecule has 0 fully saturated rings. The van der Waals surface area contributed by atoms with E-state index >= 15 is 0 Å². The Morgan fingerprint density at radius 1 is 1.04 bits per heavy atom. The number of anilines is 1. The molecule has 0 aliphatic carbocycles. The van der Waals surface area contributed by atoms with Gasteiger partial charge in [0.15, 0.2) is 0 Å². The third kappa shape index (κ3) is 5.06. The van der Waals surface area contributed by atoms with E-state index in [-0.39, 0.29) is 0 Å². The Balaban J connectivity index is 0.000000477. The molecule has 0 unspecified atom stereocenters. The Kier molecular flexibility index (Phi) is 7.75. The first-order valence-electron chi connectivity index (χ1n) is 8.23. The van der Waals surface area contributed by atoms with Crippen LogP contribution in [0.2, 0.25) is 0 Å². The van der Waals surface area contributed by atoms with Gasteiger partial charge in [0.1, 0.15) is 5.82 Å². The van der Waals surface area contributed by atoms with Gasteiger partial charge in [0.25, 0.3) is 0 Å². The summed E-state index contributed by atoms with van der Waals surface area (Å²) < 4.78 is 0. The maximum atomic E-state index is 6.03. The van der Waals surface area contributed by atoms with Crippen LogP contribution in [0, 0.1) is 6.92 Å². The van der Waals surface area contributed by atoms with E-state index < -0.39 is 0 Å². The summed E-state index contributed by atoms with van der Waals surface area (Å²) in [6.45, 7) is 10.3. The van der Waals surface area contributed by atoms with Crippen molar-refractivity contribution in [2.75, 3.05) is 5.73 Å².